The number of hydrogen-bond acceptors (Lipinski definition) is 11. The van der Waals surface area contributed by atoms with E-state index in [0.717, 1.165) is 5.56 Å². The van der Waals surface area contributed by atoms with Crippen molar-refractivity contribution in [2.45, 2.75) is 32.7 Å². The van der Waals surface area contributed by atoms with Crippen LogP contribution in [0.4, 0.5) is 10.5 Å². The largest absolute Gasteiger partial charge is 0.490 e. The number of ether oxygens (including phenoxy) is 4. The Morgan fingerprint density at radius 2 is 1.91 bits per heavy atom. The van der Waals surface area contributed by atoms with Crippen molar-refractivity contribution in [1.82, 2.24) is 16.1 Å². The van der Waals surface area contributed by atoms with Gasteiger partial charge < -0.3 is 34.7 Å². The van der Waals surface area contributed by atoms with Gasteiger partial charge in [0.1, 0.15) is 13.2 Å². The normalized spacial score (nSPS) is 15.1. The summed E-state index contributed by atoms with van der Waals surface area (Å²) in [5.41, 5.74) is 4.64. The van der Waals surface area contributed by atoms with Crippen LogP contribution in [0.15, 0.2) is 81.5 Å². The van der Waals surface area contributed by atoms with E-state index >= 15 is 0 Å². The number of methoxy groups -OCH3 is 1. The number of amides is 2. The number of carbonyl (C=O) groups excluding carboxylic acids is 2. The van der Waals surface area contributed by atoms with Gasteiger partial charge in [-0.1, -0.05) is 36.4 Å². The summed E-state index contributed by atoms with van der Waals surface area (Å²) in [6.07, 6.45) is 0.0434. The van der Waals surface area contributed by atoms with Gasteiger partial charge in [-0.25, -0.2) is 9.59 Å². The average molecular weight is 699 g/mol. The summed E-state index contributed by atoms with van der Waals surface area (Å²) in [7, 11) is 1.25. The van der Waals surface area contributed by atoms with Crippen molar-refractivity contribution in [2.75, 3.05) is 20.3 Å². The lowest BCUT2D eigenvalue weighted by molar-refractivity contribution is -0.386. The van der Waals surface area contributed by atoms with E-state index in [2.05, 4.69) is 37.1 Å². The number of aliphatic hydroxyl groups excluding tert-OH is 1. The molecule has 0 saturated carbocycles. The summed E-state index contributed by atoms with van der Waals surface area (Å²) in [5.74, 6) is 0.0924. The summed E-state index contributed by atoms with van der Waals surface area (Å²) >= 11 is 3.34. The van der Waals surface area contributed by atoms with Gasteiger partial charge >= 0.3 is 17.7 Å². The highest BCUT2D eigenvalue weighted by molar-refractivity contribution is 9.10. The molecule has 0 spiro atoms. The van der Waals surface area contributed by atoms with Gasteiger partial charge in [0, 0.05) is 17.3 Å². The second kappa shape index (κ2) is 15.7. The molecule has 4 rings (SSSR count). The van der Waals surface area contributed by atoms with Gasteiger partial charge in [0.25, 0.3) is 0 Å². The van der Waals surface area contributed by atoms with Crippen LogP contribution in [0, 0.1) is 10.1 Å². The second-order valence-corrected chi connectivity index (χ2v) is 10.7. The molecule has 46 heavy (non-hydrogen) atoms. The van der Waals surface area contributed by atoms with E-state index < -0.39 is 29.2 Å². The molecular weight excluding hydrogens is 666 g/mol. The third-order valence-electron chi connectivity index (χ3n) is 6.58. The Bertz CT molecular complexity index is 1650. The third kappa shape index (κ3) is 8.51. The number of nitro benzene ring substituents is 1. The van der Waals surface area contributed by atoms with Crippen molar-refractivity contribution < 1.29 is 38.6 Å². The summed E-state index contributed by atoms with van der Waals surface area (Å²) in [4.78, 5) is 35.8. The molecule has 0 bridgehead atoms. The Labute approximate surface area is 272 Å². The van der Waals surface area contributed by atoms with Crippen molar-refractivity contribution in [3.05, 3.63) is 103 Å². The van der Waals surface area contributed by atoms with Crippen LogP contribution in [0.3, 0.4) is 0 Å². The molecule has 3 aromatic rings. The molecule has 2 amide bonds. The fourth-order valence-corrected chi connectivity index (χ4v) is 5.08. The second-order valence-electron chi connectivity index (χ2n) is 9.80. The Morgan fingerprint density at radius 3 is 2.61 bits per heavy atom. The molecule has 4 N–H and O–H groups in total. The first-order chi connectivity index (χ1) is 22.1. The molecule has 1 heterocycles. The van der Waals surface area contributed by atoms with Crippen molar-refractivity contribution in [1.29, 1.82) is 0 Å². The number of nitrogens with zero attached hydrogens (tertiary/aromatic N) is 2. The fourth-order valence-electron chi connectivity index (χ4n) is 4.50. The standard InChI is InChI=1S/C31H32BrN5O9/c1-4-44-25-14-21(28-27(30(39)43-3)18(2)34-31(40)35-28)10-11-24(25)45-17-26(38)36-33-15-20-12-22(32)29(23(13-20)37(41)42)46-16-19-8-6-5-7-9-19/h5-15,26,28,36,38H,4,16-17H2,1-3H3,(H2,34,35,40)/b33-15+/t26-,28-/m1/s1. The first kappa shape index (κ1) is 33.7. The monoisotopic (exact) mass is 697 g/mol. The minimum atomic E-state index is -1.27. The molecule has 3 aromatic carbocycles. The van der Waals surface area contributed by atoms with Gasteiger partial charge in [-0.3, -0.25) is 15.5 Å². The maximum Gasteiger partial charge on any atom is 0.337 e. The first-order valence-electron chi connectivity index (χ1n) is 14.0. The third-order valence-corrected chi connectivity index (χ3v) is 7.17. The van der Waals surface area contributed by atoms with Crippen LogP contribution in [0.5, 0.6) is 17.2 Å². The number of halogens is 1. The molecule has 0 fully saturated rings. The van der Waals surface area contributed by atoms with Crippen molar-refractivity contribution in [3.63, 3.8) is 0 Å². The van der Waals surface area contributed by atoms with E-state index in [1.807, 2.05) is 30.3 Å². The van der Waals surface area contributed by atoms with Crippen molar-refractivity contribution in [2.24, 2.45) is 5.10 Å². The van der Waals surface area contributed by atoms with E-state index in [4.69, 9.17) is 18.9 Å². The number of allylic oxidation sites excluding steroid dienone is 1. The predicted molar refractivity (Wildman–Crippen MR) is 171 cm³/mol. The lowest BCUT2D eigenvalue weighted by Gasteiger charge is -2.28. The zero-order valence-corrected chi connectivity index (χ0v) is 26.7. The molecule has 0 aromatic heterocycles. The number of hydrazone groups is 1. The van der Waals surface area contributed by atoms with E-state index in [1.54, 1.807) is 38.1 Å². The van der Waals surface area contributed by atoms with Crippen LogP contribution in [0.1, 0.15) is 36.6 Å². The molecule has 0 aliphatic carbocycles. The number of hydrogen-bond donors (Lipinski definition) is 4. The van der Waals surface area contributed by atoms with Crippen LogP contribution in [-0.4, -0.2) is 54.8 Å². The topological polar surface area (TPSA) is 183 Å². The number of nitrogens with one attached hydrogen (secondary N) is 3. The summed E-state index contributed by atoms with van der Waals surface area (Å²) in [5, 5.41) is 31.4. The molecule has 0 unspecified atom stereocenters. The van der Waals surface area contributed by atoms with Crippen LogP contribution in [0.2, 0.25) is 0 Å². The van der Waals surface area contributed by atoms with Gasteiger partial charge in [-0.2, -0.15) is 5.10 Å². The first-order valence-corrected chi connectivity index (χ1v) is 14.8. The molecular formula is C31H32BrN5O9. The van der Waals surface area contributed by atoms with E-state index in [1.165, 1.54) is 19.4 Å². The quantitative estimate of drug-likeness (QED) is 0.0617. The number of nitro groups is 1. The number of urea groups is 1. The minimum absolute atomic E-state index is 0.0822. The molecule has 15 heteroatoms. The van der Waals surface area contributed by atoms with Gasteiger partial charge in [0.15, 0.2) is 17.7 Å². The Balaban J connectivity index is 1.41. The molecule has 2 atom stereocenters. The molecule has 1 aliphatic heterocycles. The van der Waals surface area contributed by atoms with Crippen LogP contribution in [-0.2, 0) is 16.1 Å². The SMILES string of the molecule is CCOc1cc([C@H]2NC(=O)NC(C)=C2C(=O)OC)ccc1OC[C@@H](O)N/N=C/c1cc(Br)c(OCc2ccccc2)c([N+](=O)[O-])c1. The minimum Gasteiger partial charge on any atom is -0.490 e. The number of aliphatic hydroxyl groups is 1. The molecule has 14 nitrogen and oxygen atoms in total. The molecule has 1 aliphatic rings. The molecule has 0 saturated heterocycles. The number of benzene rings is 3. The zero-order valence-electron chi connectivity index (χ0n) is 25.1. The smallest absolute Gasteiger partial charge is 0.337 e. The van der Waals surface area contributed by atoms with E-state index in [9.17, 15) is 24.8 Å². The Morgan fingerprint density at radius 1 is 1.15 bits per heavy atom. The average Bonchev–Trinajstić information content (AvgIpc) is 3.03. The van der Waals surface area contributed by atoms with Crippen LogP contribution in [0.25, 0.3) is 0 Å². The van der Waals surface area contributed by atoms with Gasteiger partial charge in [-0.15, -0.1) is 0 Å². The number of esters is 1. The lowest BCUT2D eigenvalue weighted by Crippen LogP contribution is -2.45. The highest BCUT2D eigenvalue weighted by Gasteiger charge is 2.32. The molecule has 0 radical (unpaired) electrons. The maximum atomic E-state index is 12.4. The summed E-state index contributed by atoms with van der Waals surface area (Å²) in [6.45, 7) is 3.58. The van der Waals surface area contributed by atoms with Crippen molar-refractivity contribution >= 4 is 39.8 Å². The van der Waals surface area contributed by atoms with E-state index in [0.29, 0.717) is 39.4 Å². The van der Waals surface area contributed by atoms with Crippen LogP contribution >= 0.6 is 15.9 Å². The molecule has 242 valence electrons. The predicted octanol–water partition coefficient (Wildman–Crippen LogP) is 4.46. The van der Waals surface area contributed by atoms with E-state index in [-0.39, 0.29) is 30.2 Å². The number of rotatable bonds is 14. The van der Waals surface area contributed by atoms with Gasteiger partial charge in [0.05, 0.1) is 40.9 Å². The summed E-state index contributed by atoms with van der Waals surface area (Å²) in [6, 6.07) is 15.8. The fraction of sp³-hybridized carbons (Fsp3) is 0.258. The Hall–Kier alpha value is -5.15. The van der Waals surface area contributed by atoms with Crippen LogP contribution < -0.4 is 30.3 Å². The number of carbonyl (C=O) groups is 2. The zero-order chi connectivity index (χ0) is 33.2. The van der Waals surface area contributed by atoms with Crippen molar-refractivity contribution in [3.8, 4) is 17.2 Å². The van der Waals surface area contributed by atoms with Gasteiger partial charge in [0.2, 0.25) is 5.75 Å². The summed E-state index contributed by atoms with van der Waals surface area (Å²) < 4.78 is 22.5. The maximum absolute atomic E-state index is 12.4. The van der Waals surface area contributed by atoms with Gasteiger partial charge in [-0.05, 0) is 59.1 Å². The Kier molecular flexibility index (Phi) is 11.5. The lowest BCUT2D eigenvalue weighted by atomic mass is 9.95. The highest BCUT2D eigenvalue weighted by Crippen LogP contribution is 2.37. The highest BCUT2D eigenvalue weighted by atomic mass is 79.9.